The number of aromatic hydroxyl groups is 1. The molecule has 6 heteroatoms. The van der Waals surface area contributed by atoms with Gasteiger partial charge in [0.1, 0.15) is 0 Å². The van der Waals surface area contributed by atoms with Crippen LogP contribution in [0.15, 0.2) is 6.20 Å². The van der Waals surface area contributed by atoms with E-state index in [1.54, 1.807) is 6.20 Å². The summed E-state index contributed by atoms with van der Waals surface area (Å²) in [5, 5.41) is 9.30. The average molecular weight is 322 g/mol. The van der Waals surface area contributed by atoms with Crippen LogP contribution >= 0.6 is 24.8 Å². The first-order chi connectivity index (χ1) is 8.74. The largest absolute Gasteiger partial charge is 0.479 e. The Morgan fingerprint density at radius 2 is 1.90 bits per heavy atom. The van der Waals surface area contributed by atoms with Crippen LogP contribution in [0.25, 0.3) is 0 Å². The van der Waals surface area contributed by atoms with E-state index in [-0.39, 0.29) is 30.8 Å². The van der Waals surface area contributed by atoms with E-state index in [4.69, 9.17) is 0 Å². The van der Waals surface area contributed by atoms with Crippen LogP contribution in [0.1, 0.15) is 44.4 Å². The molecule has 4 nitrogen and oxygen atoms in total. The van der Waals surface area contributed by atoms with Gasteiger partial charge in [0, 0.05) is 12.2 Å². The van der Waals surface area contributed by atoms with Crippen LogP contribution in [0.4, 0.5) is 0 Å². The fourth-order valence-electron chi connectivity index (χ4n) is 2.84. The van der Waals surface area contributed by atoms with Gasteiger partial charge in [-0.25, -0.2) is 9.97 Å². The molecule has 0 spiro atoms. The fraction of sp³-hybridized carbons (Fsp3) is 0.714. The Bertz CT molecular complexity index is 398. The first-order valence-corrected chi connectivity index (χ1v) is 7.02. The first kappa shape index (κ1) is 19.4. The van der Waals surface area contributed by atoms with Crippen molar-refractivity contribution in [1.29, 1.82) is 0 Å². The molecule has 1 N–H and O–H groups in total. The van der Waals surface area contributed by atoms with Crippen LogP contribution in [0, 0.1) is 0 Å². The standard InChI is InChI=1S/C14H23N3O.2ClH/c1-3-7-17(8-4-2)12-5-6-13-11(9-12)10-15-14(18)16-13;;/h10,12H,3-9H2,1-2H3,(H,15,16,18);2*1H. The van der Waals surface area contributed by atoms with E-state index >= 15 is 0 Å². The minimum atomic E-state index is -0.0915. The summed E-state index contributed by atoms with van der Waals surface area (Å²) in [5.74, 6) is 0. The number of rotatable bonds is 5. The fourth-order valence-corrected chi connectivity index (χ4v) is 2.84. The summed E-state index contributed by atoms with van der Waals surface area (Å²) in [7, 11) is 0. The second-order valence-electron chi connectivity index (χ2n) is 5.07. The zero-order chi connectivity index (χ0) is 13.0. The number of hydrogen-bond acceptors (Lipinski definition) is 4. The lowest BCUT2D eigenvalue weighted by atomic mass is 9.91. The summed E-state index contributed by atoms with van der Waals surface area (Å²) in [5.41, 5.74) is 2.24. The van der Waals surface area contributed by atoms with Crippen molar-refractivity contribution >= 4 is 24.8 Å². The van der Waals surface area contributed by atoms with Crippen molar-refractivity contribution in [1.82, 2.24) is 14.9 Å². The number of hydrogen-bond donors (Lipinski definition) is 1. The lowest BCUT2D eigenvalue weighted by Crippen LogP contribution is -2.40. The molecule has 0 saturated carbocycles. The third-order valence-electron chi connectivity index (χ3n) is 3.65. The Morgan fingerprint density at radius 1 is 1.25 bits per heavy atom. The van der Waals surface area contributed by atoms with Crippen molar-refractivity contribution in [3.8, 4) is 6.01 Å². The van der Waals surface area contributed by atoms with Gasteiger partial charge >= 0.3 is 6.01 Å². The lowest BCUT2D eigenvalue weighted by Gasteiger charge is -2.34. The van der Waals surface area contributed by atoms with E-state index in [0.29, 0.717) is 6.04 Å². The van der Waals surface area contributed by atoms with Gasteiger partial charge in [-0.3, -0.25) is 0 Å². The normalized spacial score (nSPS) is 17.1. The quantitative estimate of drug-likeness (QED) is 0.905. The molecular formula is C14H25Cl2N3O. The molecule has 116 valence electrons. The summed E-state index contributed by atoms with van der Waals surface area (Å²) in [6.07, 6.45) is 7.32. The van der Waals surface area contributed by atoms with Crippen molar-refractivity contribution < 1.29 is 5.11 Å². The second kappa shape index (κ2) is 9.37. The molecule has 0 aliphatic heterocycles. The highest BCUT2D eigenvalue weighted by molar-refractivity contribution is 5.85. The third kappa shape index (κ3) is 4.76. The van der Waals surface area contributed by atoms with Crippen molar-refractivity contribution in [2.75, 3.05) is 13.1 Å². The highest BCUT2D eigenvalue weighted by atomic mass is 35.5. The number of nitrogens with zero attached hydrogens (tertiary/aromatic N) is 3. The van der Waals surface area contributed by atoms with E-state index in [1.807, 2.05) is 0 Å². The molecule has 20 heavy (non-hydrogen) atoms. The predicted octanol–water partition coefficient (Wildman–Crippen LogP) is 3.01. The Kier molecular flexibility index (Phi) is 9.10. The molecule has 0 bridgehead atoms. The maximum atomic E-state index is 9.30. The SMILES string of the molecule is CCCN(CCC)C1CCc2nc(O)ncc2C1.Cl.Cl. The van der Waals surface area contributed by atoms with Crippen molar-refractivity contribution in [2.45, 2.75) is 52.0 Å². The van der Waals surface area contributed by atoms with Gasteiger partial charge in [0.05, 0.1) is 5.69 Å². The number of halogens is 2. The molecule has 0 aromatic carbocycles. The summed E-state index contributed by atoms with van der Waals surface area (Å²) in [4.78, 5) is 10.6. The summed E-state index contributed by atoms with van der Waals surface area (Å²) in [6.45, 7) is 6.82. The lowest BCUT2D eigenvalue weighted by molar-refractivity contribution is 0.179. The van der Waals surface area contributed by atoms with Gasteiger partial charge < -0.3 is 10.0 Å². The van der Waals surface area contributed by atoms with E-state index in [2.05, 4.69) is 28.7 Å². The Morgan fingerprint density at radius 3 is 2.50 bits per heavy atom. The third-order valence-corrected chi connectivity index (χ3v) is 3.65. The minimum absolute atomic E-state index is 0. The molecule has 1 unspecified atom stereocenters. The number of fused-ring (bicyclic) bond motifs is 1. The summed E-state index contributed by atoms with van der Waals surface area (Å²) < 4.78 is 0. The van der Waals surface area contributed by atoms with Gasteiger partial charge in [-0.1, -0.05) is 13.8 Å². The topological polar surface area (TPSA) is 49.2 Å². The van der Waals surface area contributed by atoms with E-state index in [1.165, 1.54) is 31.5 Å². The first-order valence-electron chi connectivity index (χ1n) is 7.02. The van der Waals surface area contributed by atoms with E-state index in [0.717, 1.165) is 25.0 Å². The van der Waals surface area contributed by atoms with Crippen LogP contribution in [0.5, 0.6) is 6.01 Å². The van der Waals surface area contributed by atoms with Crippen LogP contribution in [-0.2, 0) is 12.8 Å². The molecule has 0 fully saturated rings. The van der Waals surface area contributed by atoms with Crippen LogP contribution in [-0.4, -0.2) is 39.1 Å². The molecule has 0 saturated heterocycles. The minimum Gasteiger partial charge on any atom is -0.479 e. The van der Waals surface area contributed by atoms with Gasteiger partial charge in [0.2, 0.25) is 0 Å². The zero-order valence-electron chi connectivity index (χ0n) is 12.2. The van der Waals surface area contributed by atoms with Crippen LogP contribution in [0.3, 0.4) is 0 Å². The van der Waals surface area contributed by atoms with Gasteiger partial charge in [0.15, 0.2) is 0 Å². The molecule has 1 aliphatic rings. The van der Waals surface area contributed by atoms with Crippen LogP contribution in [0.2, 0.25) is 0 Å². The van der Waals surface area contributed by atoms with Gasteiger partial charge in [-0.05, 0) is 50.8 Å². The van der Waals surface area contributed by atoms with Gasteiger partial charge in [-0.15, -0.1) is 24.8 Å². The molecular weight excluding hydrogens is 297 g/mol. The molecule has 0 radical (unpaired) electrons. The average Bonchev–Trinajstić information content (AvgIpc) is 2.38. The Hall–Kier alpha value is -0.580. The smallest absolute Gasteiger partial charge is 0.314 e. The monoisotopic (exact) mass is 321 g/mol. The Balaban J connectivity index is 0.00000180. The summed E-state index contributed by atoms with van der Waals surface area (Å²) in [6, 6.07) is 0.525. The van der Waals surface area contributed by atoms with E-state index < -0.39 is 0 Å². The van der Waals surface area contributed by atoms with Crippen molar-refractivity contribution in [3.05, 3.63) is 17.5 Å². The molecule has 2 rings (SSSR count). The molecule has 1 heterocycles. The van der Waals surface area contributed by atoms with E-state index in [9.17, 15) is 5.11 Å². The van der Waals surface area contributed by atoms with Crippen molar-refractivity contribution in [3.63, 3.8) is 0 Å². The number of aryl methyl sites for hydroxylation is 1. The van der Waals surface area contributed by atoms with Crippen molar-refractivity contribution in [2.24, 2.45) is 0 Å². The van der Waals surface area contributed by atoms with Crippen LogP contribution < -0.4 is 0 Å². The Labute approximate surface area is 133 Å². The molecule has 1 atom stereocenters. The molecule has 1 aliphatic carbocycles. The maximum Gasteiger partial charge on any atom is 0.314 e. The highest BCUT2D eigenvalue weighted by Crippen LogP contribution is 2.24. The van der Waals surface area contributed by atoms with Gasteiger partial charge in [-0.2, -0.15) is 0 Å². The predicted molar refractivity (Wildman–Crippen MR) is 86.2 cm³/mol. The molecule has 0 amide bonds. The maximum absolute atomic E-state index is 9.30. The second-order valence-corrected chi connectivity index (χ2v) is 5.07. The summed E-state index contributed by atoms with van der Waals surface area (Å²) >= 11 is 0. The zero-order valence-corrected chi connectivity index (χ0v) is 13.8. The molecule has 1 aromatic heterocycles. The van der Waals surface area contributed by atoms with Gasteiger partial charge in [0.25, 0.3) is 0 Å². The highest BCUT2D eigenvalue weighted by Gasteiger charge is 2.24. The molecule has 1 aromatic rings. The number of aromatic nitrogens is 2.